The second kappa shape index (κ2) is 9.02. The van der Waals surface area contributed by atoms with Gasteiger partial charge in [-0.15, -0.1) is 0 Å². The number of urea groups is 1. The molecule has 0 aliphatic heterocycles. The molecule has 11 heteroatoms. The lowest BCUT2D eigenvalue weighted by Gasteiger charge is -2.26. The maximum absolute atomic E-state index is 13.4. The zero-order chi connectivity index (χ0) is 20.1. The van der Waals surface area contributed by atoms with Crippen molar-refractivity contribution in [3.05, 3.63) is 40.3 Å². The second-order valence-electron chi connectivity index (χ2n) is 6.38. The molecule has 1 saturated carbocycles. The number of aliphatic hydroxyl groups is 1. The number of benzene rings is 1. The molecule has 1 fully saturated rings. The number of nitrogens with zero attached hydrogens (tertiary/aromatic N) is 2. The van der Waals surface area contributed by atoms with Crippen molar-refractivity contribution >= 4 is 39.3 Å². The largest absolute Gasteiger partial charge is 0.409 e. The lowest BCUT2D eigenvalue weighted by atomic mass is 9.93. The van der Waals surface area contributed by atoms with E-state index in [1.54, 1.807) is 0 Å². The predicted octanol–water partition coefficient (Wildman–Crippen LogP) is 3.25. The maximum Gasteiger partial charge on any atom is 0.320 e. The molecule has 2 amide bonds. The molecule has 9 nitrogen and oxygen atoms in total. The Labute approximate surface area is 168 Å². The van der Waals surface area contributed by atoms with Crippen molar-refractivity contribution < 1.29 is 24.0 Å². The number of anilines is 2. The van der Waals surface area contributed by atoms with Crippen LogP contribution in [0.2, 0.25) is 0 Å². The summed E-state index contributed by atoms with van der Waals surface area (Å²) in [6, 6.07) is 3.63. The van der Waals surface area contributed by atoms with Crippen LogP contribution in [-0.4, -0.2) is 39.5 Å². The predicted molar refractivity (Wildman–Crippen MR) is 103 cm³/mol. The third-order valence-corrected chi connectivity index (χ3v) is 4.98. The standard InChI is InChI=1S/C17H19BrFN5O4/c18-13-7-10(3-6-14(13)19)20-15(23-27)12-8-28-24-16(12)22-17(26)21-9-1-4-11(25)5-2-9/h3,6-9,11,25,27H,1-2,4-5H2,(H,20,23)(H2,21,22,24,26). The van der Waals surface area contributed by atoms with E-state index in [0.717, 1.165) is 0 Å². The van der Waals surface area contributed by atoms with Gasteiger partial charge in [-0.25, -0.2) is 9.18 Å². The van der Waals surface area contributed by atoms with Gasteiger partial charge >= 0.3 is 6.03 Å². The molecule has 0 unspecified atom stereocenters. The molecule has 1 heterocycles. The Hall–Kier alpha value is -2.66. The third-order valence-electron chi connectivity index (χ3n) is 4.37. The van der Waals surface area contributed by atoms with E-state index in [0.29, 0.717) is 31.4 Å². The molecule has 0 spiro atoms. The number of aromatic nitrogens is 1. The fourth-order valence-electron chi connectivity index (χ4n) is 2.90. The molecular formula is C17H19BrFN5O4. The first-order valence-corrected chi connectivity index (χ1v) is 9.40. The summed E-state index contributed by atoms with van der Waals surface area (Å²) < 4.78 is 18.5. The van der Waals surface area contributed by atoms with E-state index < -0.39 is 11.8 Å². The average molecular weight is 456 g/mol. The Bertz CT molecular complexity index is 867. The van der Waals surface area contributed by atoms with E-state index in [2.05, 4.69) is 42.2 Å². The minimum atomic E-state index is -0.488. The molecule has 1 aliphatic rings. The number of hydrogen-bond acceptors (Lipinski definition) is 6. The van der Waals surface area contributed by atoms with Crippen molar-refractivity contribution in [2.24, 2.45) is 5.16 Å². The zero-order valence-electron chi connectivity index (χ0n) is 14.7. The highest BCUT2D eigenvalue weighted by Crippen LogP contribution is 2.22. The van der Waals surface area contributed by atoms with Gasteiger partial charge in [-0.1, -0.05) is 10.3 Å². The smallest absolute Gasteiger partial charge is 0.320 e. The van der Waals surface area contributed by atoms with Gasteiger partial charge in [0.15, 0.2) is 11.7 Å². The molecule has 28 heavy (non-hydrogen) atoms. The van der Waals surface area contributed by atoms with Crippen molar-refractivity contribution in [2.75, 3.05) is 10.6 Å². The van der Waals surface area contributed by atoms with Crippen LogP contribution >= 0.6 is 15.9 Å². The molecule has 3 rings (SSSR count). The van der Waals surface area contributed by atoms with Crippen molar-refractivity contribution in [2.45, 2.75) is 37.8 Å². The van der Waals surface area contributed by atoms with Crippen LogP contribution in [0.4, 0.5) is 20.7 Å². The molecule has 0 bridgehead atoms. The number of oxime groups is 1. The van der Waals surface area contributed by atoms with E-state index in [-0.39, 0.29) is 33.8 Å². The zero-order valence-corrected chi connectivity index (χ0v) is 16.2. The van der Waals surface area contributed by atoms with Gasteiger partial charge in [0.05, 0.1) is 10.6 Å². The van der Waals surface area contributed by atoms with Crippen molar-refractivity contribution in [1.29, 1.82) is 0 Å². The van der Waals surface area contributed by atoms with Gasteiger partial charge in [-0.3, -0.25) is 5.32 Å². The van der Waals surface area contributed by atoms with Gasteiger partial charge < -0.3 is 25.5 Å². The molecule has 0 radical (unpaired) electrons. The van der Waals surface area contributed by atoms with Gasteiger partial charge in [0.25, 0.3) is 0 Å². The molecule has 1 aromatic heterocycles. The van der Waals surface area contributed by atoms with Gasteiger partial charge in [0.2, 0.25) is 0 Å². The monoisotopic (exact) mass is 455 g/mol. The highest BCUT2D eigenvalue weighted by molar-refractivity contribution is 9.10. The summed E-state index contributed by atoms with van der Waals surface area (Å²) in [5, 5.41) is 33.9. The highest BCUT2D eigenvalue weighted by atomic mass is 79.9. The fourth-order valence-corrected chi connectivity index (χ4v) is 3.28. The summed E-state index contributed by atoms with van der Waals surface area (Å²) in [5.41, 5.74) is 0.649. The van der Waals surface area contributed by atoms with Gasteiger partial charge in [0.1, 0.15) is 17.6 Å². The van der Waals surface area contributed by atoms with Crippen LogP contribution in [0.1, 0.15) is 31.2 Å². The molecule has 0 saturated heterocycles. The number of halogens is 2. The van der Waals surface area contributed by atoms with Gasteiger partial charge in [-0.2, -0.15) is 0 Å². The number of carbonyl (C=O) groups is 1. The number of aliphatic hydroxyl groups excluding tert-OH is 1. The maximum atomic E-state index is 13.4. The number of nitrogens with one attached hydrogen (secondary N) is 3. The van der Waals surface area contributed by atoms with E-state index in [1.807, 2.05) is 0 Å². The number of amidine groups is 1. The van der Waals surface area contributed by atoms with E-state index in [1.165, 1.54) is 24.5 Å². The average Bonchev–Trinajstić information content (AvgIpc) is 3.12. The Morgan fingerprint density at radius 2 is 2.04 bits per heavy atom. The van der Waals surface area contributed by atoms with Crippen LogP contribution in [0.5, 0.6) is 0 Å². The van der Waals surface area contributed by atoms with Crippen molar-refractivity contribution in [3.63, 3.8) is 0 Å². The Balaban J connectivity index is 1.65. The topological polar surface area (TPSA) is 132 Å². The van der Waals surface area contributed by atoms with Crippen LogP contribution < -0.4 is 16.0 Å². The van der Waals surface area contributed by atoms with Gasteiger partial charge in [0, 0.05) is 11.7 Å². The number of amides is 2. The number of carbonyl (C=O) groups excluding carboxylic acids is 1. The van der Waals surface area contributed by atoms with Crippen molar-refractivity contribution in [1.82, 2.24) is 10.5 Å². The van der Waals surface area contributed by atoms with Crippen LogP contribution in [0.25, 0.3) is 0 Å². The third kappa shape index (κ3) is 4.98. The molecule has 150 valence electrons. The first kappa shape index (κ1) is 20.1. The van der Waals surface area contributed by atoms with Crippen LogP contribution in [-0.2, 0) is 0 Å². The Morgan fingerprint density at radius 3 is 2.71 bits per heavy atom. The molecule has 5 N–H and O–H groups in total. The van der Waals surface area contributed by atoms with Crippen molar-refractivity contribution in [3.8, 4) is 0 Å². The summed E-state index contributed by atoms with van der Waals surface area (Å²) in [6.45, 7) is 0. The molecular weight excluding hydrogens is 437 g/mol. The first-order valence-electron chi connectivity index (χ1n) is 8.60. The van der Waals surface area contributed by atoms with Crippen LogP contribution in [0.3, 0.4) is 0 Å². The van der Waals surface area contributed by atoms with Gasteiger partial charge in [-0.05, 0) is 59.8 Å². The quantitative estimate of drug-likeness (QED) is 0.208. The first-order chi connectivity index (χ1) is 13.5. The fraction of sp³-hybridized carbons (Fsp3) is 0.353. The minimum Gasteiger partial charge on any atom is -0.409 e. The lowest BCUT2D eigenvalue weighted by Crippen LogP contribution is -2.41. The highest BCUT2D eigenvalue weighted by Gasteiger charge is 2.22. The van der Waals surface area contributed by atoms with E-state index >= 15 is 0 Å². The molecule has 1 aromatic carbocycles. The lowest BCUT2D eigenvalue weighted by molar-refractivity contribution is 0.118. The molecule has 2 aromatic rings. The number of rotatable bonds is 4. The van der Waals surface area contributed by atoms with E-state index in [9.17, 15) is 19.5 Å². The summed E-state index contributed by atoms with van der Waals surface area (Å²) >= 11 is 3.08. The summed E-state index contributed by atoms with van der Waals surface area (Å²) in [4.78, 5) is 12.2. The number of hydrogen-bond donors (Lipinski definition) is 5. The van der Waals surface area contributed by atoms with Crippen LogP contribution in [0.15, 0.2) is 38.6 Å². The van der Waals surface area contributed by atoms with Crippen LogP contribution in [0, 0.1) is 5.82 Å². The van der Waals surface area contributed by atoms with E-state index in [4.69, 9.17) is 4.52 Å². The summed E-state index contributed by atoms with van der Waals surface area (Å²) in [5.74, 6) is -0.432. The minimum absolute atomic E-state index is 0.0422. The Kier molecular flexibility index (Phi) is 6.47. The summed E-state index contributed by atoms with van der Waals surface area (Å²) in [6.07, 6.45) is 3.53. The second-order valence-corrected chi connectivity index (χ2v) is 7.24. The normalized spacial score (nSPS) is 19.9. The molecule has 1 aliphatic carbocycles. The SMILES string of the molecule is O=C(Nc1nocc1/C(=N/O)Nc1ccc(F)c(Br)c1)NC1CCC(O)CC1. The summed E-state index contributed by atoms with van der Waals surface area (Å²) in [7, 11) is 0. The molecule has 0 atom stereocenters. The Morgan fingerprint density at radius 1 is 1.29 bits per heavy atom.